The lowest BCUT2D eigenvalue weighted by atomic mass is 10.0. The lowest BCUT2D eigenvalue weighted by Crippen LogP contribution is -2.52. The molecule has 0 spiro atoms. The van der Waals surface area contributed by atoms with Crippen molar-refractivity contribution in [2.24, 2.45) is 0 Å². The number of carbonyl (C=O) groups excluding carboxylic acids is 1. The van der Waals surface area contributed by atoms with Crippen molar-refractivity contribution in [3.05, 3.63) is 29.6 Å². The number of hydrogen-bond acceptors (Lipinski definition) is 3. The first kappa shape index (κ1) is 18.5. The van der Waals surface area contributed by atoms with E-state index in [0.717, 1.165) is 43.6 Å². The minimum absolute atomic E-state index is 0.0381. The third-order valence-electron chi connectivity index (χ3n) is 4.43. The normalized spacial score (nSPS) is 19.0. The number of nitrogens with one attached hydrogen (secondary N) is 2. The zero-order valence-corrected chi connectivity index (χ0v) is 14.5. The molecule has 1 heterocycles. The molecule has 1 fully saturated rings. The first-order chi connectivity index (χ1) is 11.5. The number of aliphatic hydroxyl groups is 1. The minimum Gasteiger partial charge on any atom is -0.396 e. The van der Waals surface area contributed by atoms with Crippen LogP contribution in [0.1, 0.15) is 38.2 Å². The molecule has 134 valence electrons. The molecule has 6 heteroatoms. The maximum Gasteiger partial charge on any atom is 0.315 e. The van der Waals surface area contributed by atoms with E-state index < -0.39 is 0 Å². The van der Waals surface area contributed by atoms with Gasteiger partial charge in [-0.05, 0) is 63.3 Å². The van der Waals surface area contributed by atoms with E-state index >= 15 is 0 Å². The number of hydrogen-bond donors (Lipinski definition) is 3. The standard InChI is InChI=1S/C18H28FN3O2/c1-13-11-15(19)7-8-17(13)22-9-3-6-16(12-22)21-18(24)20-14(2)5-4-10-23/h7-8,11,14,16,23H,3-6,9-10,12H2,1-2H3,(H2,20,21,24)/t14-,16+/m0/s1. The van der Waals surface area contributed by atoms with Crippen LogP contribution >= 0.6 is 0 Å². The van der Waals surface area contributed by atoms with Crippen LogP contribution in [0.25, 0.3) is 0 Å². The van der Waals surface area contributed by atoms with Crippen LogP contribution in [-0.2, 0) is 0 Å². The van der Waals surface area contributed by atoms with Gasteiger partial charge in [0.1, 0.15) is 5.82 Å². The molecule has 3 N–H and O–H groups in total. The highest BCUT2D eigenvalue weighted by Gasteiger charge is 2.23. The van der Waals surface area contributed by atoms with Gasteiger partial charge in [-0.15, -0.1) is 0 Å². The van der Waals surface area contributed by atoms with Crippen LogP contribution in [0.15, 0.2) is 18.2 Å². The van der Waals surface area contributed by atoms with Gasteiger partial charge in [0.05, 0.1) is 0 Å². The Morgan fingerprint density at radius 1 is 1.50 bits per heavy atom. The smallest absolute Gasteiger partial charge is 0.315 e. The van der Waals surface area contributed by atoms with E-state index in [0.29, 0.717) is 6.42 Å². The summed E-state index contributed by atoms with van der Waals surface area (Å²) < 4.78 is 13.3. The summed E-state index contributed by atoms with van der Waals surface area (Å²) in [5.74, 6) is -0.223. The SMILES string of the molecule is Cc1cc(F)ccc1N1CCC[C@@H](NC(=O)N[C@@H](C)CCCO)C1. The molecule has 0 aliphatic carbocycles. The average Bonchev–Trinajstić information content (AvgIpc) is 2.53. The Balaban J connectivity index is 1.87. The van der Waals surface area contributed by atoms with Crippen LogP contribution < -0.4 is 15.5 Å². The number of rotatable bonds is 6. The van der Waals surface area contributed by atoms with Crippen molar-refractivity contribution < 1.29 is 14.3 Å². The molecule has 1 aromatic rings. The zero-order chi connectivity index (χ0) is 17.5. The van der Waals surface area contributed by atoms with E-state index in [-0.39, 0.29) is 30.5 Å². The number of halogens is 1. The summed E-state index contributed by atoms with van der Waals surface area (Å²) >= 11 is 0. The van der Waals surface area contributed by atoms with E-state index in [1.165, 1.54) is 6.07 Å². The molecule has 0 aromatic heterocycles. The molecule has 0 saturated carbocycles. The number of nitrogens with zero attached hydrogens (tertiary/aromatic N) is 1. The molecule has 1 saturated heterocycles. The Morgan fingerprint density at radius 3 is 3.00 bits per heavy atom. The highest BCUT2D eigenvalue weighted by atomic mass is 19.1. The monoisotopic (exact) mass is 337 g/mol. The summed E-state index contributed by atoms with van der Waals surface area (Å²) in [4.78, 5) is 14.3. The van der Waals surface area contributed by atoms with Crippen LogP contribution in [-0.4, -0.2) is 42.9 Å². The molecule has 5 nitrogen and oxygen atoms in total. The molecule has 0 radical (unpaired) electrons. The fourth-order valence-electron chi connectivity index (χ4n) is 3.21. The number of amides is 2. The Bertz CT molecular complexity index is 553. The van der Waals surface area contributed by atoms with E-state index in [4.69, 9.17) is 5.11 Å². The van der Waals surface area contributed by atoms with Gasteiger partial charge in [-0.2, -0.15) is 0 Å². The Morgan fingerprint density at radius 2 is 2.29 bits per heavy atom. The molecule has 1 aliphatic heterocycles. The van der Waals surface area contributed by atoms with E-state index in [1.807, 2.05) is 19.9 Å². The van der Waals surface area contributed by atoms with Crippen molar-refractivity contribution in [1.29, 1.82) is 0 Å². The number of aryl methyl sites for hydroxylation is 1. The first-order valence-electron chi connectivity index (χ1n) is 8.68. The number of aliphatic hydroxyl groups excluding tert-OH is 1. The summed E-state index contributed by atoms with van der Waals surface area (Å²) in [7, 11) is 0. The topological polar surface area (TPSA) is 64.6 Å². The molecule has 2 rings (SSSR count). The van der Waals surface area contributed by atoms with E-state index in [9.17, 15) is 9.18 Å². The van der Waals surface area contributed by atoms with Gasteiger partial charge < -0.3 is 20.6 Å². The highest BCUT2D eigenvalue weighted by Crippen LogP contribution is 2.24. The summed E-state index contributed by atoms with van der Waals surface area (Å²) in [6, 6.07) is 4.79. The Hall–Kier alpha value is -1.82. The second-order valence-corrected chi connectivity index (χ2v) is 6.60. The molecule has 0 bridgehead atoms. The predicted molar refractivity (Wildman–Crippen MR) is 93.8 cm³/mol. The van der Waals surface area contributed by atoms with Gasteiger partial charge in [-0.25, -0.2) is 9.18 Å². The van der Waals surface area contributed by atoms with Crippen molar-refractivity contribution in [2.45, 2.75) is 51.6 Å². The van der Waals surface area contributed by atoms with Crippen molar-refractivity contribution in [3.8, 4) is 0 Å². The molecule has 2 atom stereocenters. The van der Waals surface area contributed by atoms with Crippen LogP contribution in [0.3, 0.4) is 0 Å². The summed E-state index contributed by atoms with van der Waals surface area (Å²) in [5.41, 5.74) is 1.94. The van der Waals surface area contributed by atoms with Gasteiger partial charge in [0, 0.05) is 37.5 Å². The lowest BCUT2D eigenvalue weighted by molar-refractivity contribution is 0.229. The minimum atomic E-state index is -0.223. The summed E-state index contributed by atoms with van der Waals surface area (Å²) in [6.45, 7) is 5.63. The van der Waals surface area contributed by atoms with Crippen molar-refractivity contribution in [1.82, 2.24) is 10.6 Å². The van der Waals surface area contributed by atoms with Gasteiger partial charge in [0.15, 0.2) is 0 Å². The fourth-order valence-corrected chi connectivity index (χ4v) is 3.21. The van der Waals surface area contributed by atoms with Gasteiger partial charge in [-0.1, -0.05) is 0 Å². The molecule has 0 unspecified atom stereocenters. The number of benzene rings is 1. The Labute approximate surface area is 143 Å². The van der Waals surface area contributed by atoms with Crippen molar-refractivity contribution in [2.75, 3.05) is 24.6 Å². The first-order valence-corrected chi connectivity index (χ1v) is 8.68. The number of carbonyl (C=O) groups is 1. The molecule has 1 aromatic carbocycles. The van der Waals surface area contributed by atoms with Crippen LogP contribution in [0.4, 0.5) is 14.9 Å². The second kappa shape index (κ2) is 8.87. The van der Waals surface area contributed by atoms with E-state index in [2.05, 4.69) is 15.5 Å². The van der Waals surface area contributed by atoms with Crippen molar-refractivity contribution >= 4 is 11.7 Å². The summed E-state index contributed by atoms with van der Waals surface area (Å²) in [6.07, 6.45) is 3.37. The van der Waals surface area contributed by atoms with Gasteiger partial charge in [-0.3, -0.25) is 0 Å². The molecular formula is C18H28FN3O2. The highest BCUT2D eigenvalue weighted by molar-refractivity contribution is 5.74. The maximum atomic E-state index is 13.3. The van der Waals surface area contributed by atoms with Crippen LogP contribution in [0.5, 0.6) is 0 Å². The molecule has 2 amide bonds. The quantitative estimate of drug-likeness (QED) is 0.747. The maximum absolute atomic E-state index is 13.3. The zero-order valence-electron chi connectivity index (χ0n) is 14.5. The average molecular weight is 337 g/mol. The summed E-state index contributed by atoms with van der Waals surface area (Å²) in [5, 5.41) is 14.8. The fraction of sp³-hybridized carbons (Fsp3) is 0.611. The van der Waals surface area contributed by atoms with E-state index in [1.54, 1.807) is 6.07 Å². The lowest BCUT2D eigenvalue weighted by Gasteiger charge is -2.35. The predicted octanol–water partition coefficient (Wildman–Crippen LogP) is 2.56. The van der Waals surface area contributed by atoms with Gasteiger partial charge in [0.2, 0.25) is 0 Å². The van der Waals surface area contributed by atoms with Crippen LogP contribution in [0.2, 0.25) is 0 Å². The number of anilines is 1. The largest absolute Gasteiger partial charge is 0.396 e. The number of urea groups is 1. The Kier molecular flexibility index (Phi) is 6.85. The second-order valence-electron chi connectivity index (χ2n) is 6.60. The molecular weight excluding hydrogens is 309 g/mol. The van der Waals surface area contributed by atoms with Crippen LogP contribution in [0, 0.1) is 12.7 Å². The molecule has 1 aliphatic rings. The van der Waals surface area contributed by atoms with Gasteiger partial charge in [0.25, 0.3) is 0 Å². The third kappa shape index (κ3) is 5.37. The van der Waals surface area contributed by atoms with Crippen molar-refractivity contribution in [3.63, 3.8) is 0 Å². The number of piperidine rings is 1. The third-order valence-corrected chi connectivity index (χ3v) is 4.43. The molecule has 24 heavy (non-hydrogen) atoms. The van der Waals surface area contributed by atoms with Gasteiger partial charge >= 0.3 is 6.03 Å².